The fourth-order valence-electron chi connectivity index (χ4n) is 1.92. The second-order valence-corrected chi connectivity index (χ2v) is 4.09. The second-order valence-electron chi connectivity index (χ2n) is 4.09. The number of hydrogen-bond donors (Lipinski definition) is 1. The maximum absolute atomic E-state index is 5.97. The third-order valence-electron chi connectivity index (χ3n) is 2.75. The predicted molar refractivity (Wildman–Crippen MR) is 72.2 cm³/mol. The summed E-state index contributed by atoms with van der Waals surface area (Å²) in [5.74, 6) is 0.873. The Kier molecular flexibility index (Phi) is 3.45. The van der Waals surface area contributed by atoms with Gasteiger partial charge in [-0.3, -0.25) is 0 Å². The van der Waals surface area contributed by atoms with E-state index in [0.29, 0.717) is 6.61 Å². The highest BCUT2D eigenvalue weighted by Crippen LogP contribution is 2.32. The summed E-state index contributed by atoms with van der Waals surface area (Å²) in [4.78, 5) is 0. The molecule has 2 aromatic carbocycles. The molecule has 0 aliphatic rings. The summed E-state index contributed by atoms with van der Waals surface area (Å²) in [5, 5.41) is 2.26. The van der Waals surface area contributed by atoms with Gasteiger partial charge in [0.2, 0.25) is 0 Å². The molecule has 0 heterocycles. The van der Waals surface area contributed by atoms with Crippen molar-refractivity contribution < 1.29 is 4.74 Å². The summed E-state index contributed by atoms with van der Waals surface area (Å²) in [7, 11) is 0. The smallest absolute Gasteiger partial charge is 0.132 e. The first-order chi connectivity index (χ1) is 8.24. The largest absolute Gasteiger partial charge is 0.489 e. The fraction of sp³-hybridized carbons (Fsp3) is 0.200. The lowest BCUT2D eigenvalue weighted by molar-refractivity contribution is 0.361. The van der Waals surface area contributed by atoms with Crippen LogP contribution in [0.5, 0.6) is 5.75 Å². The molecule has 0 aliphatic carbocycles. The van der Waals surface area contributed by atoms with Crippen LogP contribution >= 0.6 is 0 Å². The fourth-order valence-corrected chi connectivity index (χ4v) is 1.92. The second kappa shape index (κ2) is 5.02. The van der Waals surface area contributed by atoms with Crippen LogP contribution in [0.1, 0.15) is 18.5 Å². The lowest BCUT2D eigenvalue weighted by Crippen LogP contribution is -2.08. The summed E-state index contributed by atoms with van der Waals surface area (Å²) in [6.07, 6.45) is 1.74. The number of benzene rings is 2. The van der Waals surface area contributed by atoms with E-state index >= 15 is 0 Å². The molecule has 1 unspecified atom stereocenters. The molecule has 0 radical (unpaired) electrons. The molecule has 0 fully saturated rings. The predicted octanol–water partition coefficient (Wildman–Crippen LogP) is 3.42. The first-order valence-corrected chi connectivity index (χ1v) is 5.75. The van der Waals surface area contributed by atoms with Gasteiger partial charge in [-0.2, -0.15) is 0 Å². The van der Waals surface area contributed by atoms with Crippen LogP contribution in [0, 0.1) is 0 Å². The maximum atomic E-state index is 5.97. The summed E-state index contributed by atoms with van der Waals surface area (Å²) in [6.45, 7) is 6.13. The summed E-state index contributed by atoms with van der Waals surface area (Å²) < 4.78 is 5.76. The highest BCUT2D eigenvalue weighted by atomic mass is 16.5. The molecule has 0 spiro atoms. The third kappa shape index (κ3) is 2.32. The van der Waals surface area contributed by atoms with Crippen LogP contribution in [0.3, 0.4) is 0 Å². The molecule has 0 saturated heterocycles. The maximum Gasteiger partial charge on any atom is 0.132 e. The van der Waals surface area contributed by atoms with E-state index < -0.39 is 0 Å². The monoisotopic (exact) mass is 227 g/mol. The number of hydrogen-bond acceptors (Lipinski definition) is 2. The van der Waals surface area contributed by atoms with Crippen molar-refractivity contribution >= 4 is 10.8 Å². The highest BCUT2D eigenvalue weighted by Gasteiger charge is 2.11. The van der Waals surface area contributed by atoms with Crippen LogP contribution in [0.2, 0.25) is 0 Å². The summed E-state index contributed by atoms with van der Waals surface area (Å²) in [6, 6.07) is 12.2. The minimum absolute atomic E-state index is 0.0422. The van der Waals surface area contributed by atoms with Gasteiger partial charge >= 0.3 is 0 Å². The first-order valence-electron chi connectivity index (χ1n) is 5.75. The van der Waals surface area contributed by atoms with Gasteiger partial charge in [0.15, 0.2) is 0 Å². The van der Waals surface area contributed by atoms with Crippen LogP contribution in [-0.4, -0.2) is 6.61 Å². The third-order valence-corrected chi connectivity index (χ3v) is 2.75. The van der Waals surface area contributed by atoms with Crippen molar-refractivity contribution in [2.75, 3.05) is 6.61 Å². The summed E-state index contributed by atoms with van der Waals surface area (Å²) in [5.41, 5.74) is 7.00. The van der Waals surface area contributed by atoms with E-state index in [0.717, 1.165) is 22.1 Å². The van der Waals surface area contributed by atoms with Gasteiger partial charge < -0.3 is 10.5 Å². The van der Waals surface area contributed by atoms with Gasteiger partial charge in [-0.25, -0.2) is 0 Å². The molecule has 2 rings (SSSR count). The van der Waals surface area contributed by atoms with E-state index in [2.05, 4.69) is 24.8 Å². The van der Waals surface area contributed by atoms with E-state index in [4.69, 9.17) is 10.5 Å². The van der Waals surface area contributed by atoms with Gasteiger partial charge in [-0.15, -0.1) is 0 Å². The average Bonchev–Trinajstić information content (AvgIpc) is 2.35. The van der Waals surface area contributed by atoms with E-state index in [1.54, 1.807) is 6.08 Å². The molecule has 2 aromatic rings. The molecule has 88 valence electrons. The van der Waals surface area contributed by atoms with Crippen LogP contribution in [0.15, 0.2) is 49.1 Å². The zero-order valence-corrected chi connectivity index (χ0v) is 10.0. The van der Waals surface area contributed by atoms with E-state index in [-0.39, 0.29) is 6.04 Å². The number of fused-ring (bicyclic) bond motifs is 1. The number of rotatable bonds is 4. The molecular formula is C15H17NO. The first kappa shape index (κ1) is 11.7. The highest BCUT2D eigenvalue weighted by molar-refractivity contribution is 5.89. The van der Waals surface area contributed by atoms with Crippen LogP contribution < -0.4 is 10.5 Å². The van der Waals surface area contributed by atoms with Gasteiger partial charge in [0.1, 0.15) is 12.4 Å². The molecule has 0 bridgehead atoms. The van der Waals surface area contributed by atoms with Gasteiger partial charge in [0.25, 0.3) is 0 Å². The average molecular weight is 227 g/mol. The SMILES string of the molecule is C=CCOc1c(C(C)N)ccc2ccccc12. The molecule has 0 saturated carbocycles. The molecular weight excluding hydrogens is 210 g/mol. The normalized spacial score (nSPS) is 12.4. The van der Waals surface area contributed by atoms with Crippen molar-refractivity contribution in [3.8, 4) is 5.75 Å². The minimum Gasteiger partial charge on any atom is -0.489 e. The minimum atomic E-state index is -0.0422. The lowest BCUT2D eigenvalue weighted by Gasteiger charge is -2.15. The van der Waals surface area contributed by atoms with E-state index in [1.165, 1.54) is 0 Å². The molecule has 0 amide bonds. The number of nitrogens with two attached hydrogens (primary N) is 1. The van der Waals surface area contributed by atoms with Gasteiger partial charge in [0, 0.05) is 17.0 Å². The zero-order chi connectivity index (χ0) is 12.3. The van der Waals surface area contributed by atoms with Gasteiger partial charge in [-0.05, 0) is 12.3 Å². The summed E-state index contributed by atoms with van der Waals surface area (Å²) >= 11 is 0. The Hall–Kier alpha value is -1.80. The Morgan fingerprint density at radius 1 is 1.29 bits per heavy atom. The lowest BCUT2D eigenvalue weighted by atomic mass is 10.0. The molecule has 1 atom stereocenters. The van der Waals surface area contributed by atoms with Gasteiger partial charge in [-0.1, -0.05) is 49.1 Å². The van der Waals surface area contributed by atoms with Crippen molar-refractivity contribution in [2.24, 2.45) is 5.73 Å². The van der Waals surface area contributed by atoms with Crippen molar-refractivity contribution in [2.45, 2.75) is 13.0 Å². The van der Waals surface area contributed by atoms with Crippen LogP contribution in [0.25, 0.3) is 10.8 Å². The van der Waals surface area contributed by atoms with Gasteiger partial charge in [0.05, 0.1) is 0 Å². The van der Waals surface area contributed by atoms with E-state index in [1.807, 2.05) is 25.1 Å². The molecule has 17 heavy (non-hydrogen) atoms. The van der Waals surface area contributed by atoms with Crippen molar-refractivity contribution in [3.05, 3.63) is 54.6 Å². The van der Waals surface area contributed by atoms with Crippen molar-refractivity contribution in [1.29, 1.82) is 0 Å². The molecule has 0 aliphatic heterocycles. The Balaban J connectivity index is 2.61. The quantitative estimate of drug-likeness (QED) is 0.812. The Morgan fingerprint density at radius 2 is 2.06 bits per heavy atom. The standard InChI is InChI=1S/C15H17NO/c1-3-10-17-15-13(11(2)16)9-8-12-6-4-5-7-14(12)15/h3-9,11H,1,10,16H2,2H3. The molecule has 2 heteroatoms. The van der Waals surface area contributed by atoms with Crippen molar-refractivity contribution in [3.63, 3.8) is 0 Å². The Bertz CT molecular complexity index is 531. The molecule has 2 N–H and O–H groups in total. The molecule has 2 nitrogen and oxygen atoms in total. The zero-order valence-electron chi connectivity index (χ0n) is 10.0. The number of ether oxygens (including phenoxy) is 1. The molecule has 0 aromatic heterocycles. The van der Waals surface area contributed by atoms with Crippen LogP contribution in [-0.2, 0) is 0 Å². The topological polar surface area (TPSA) is 35.2 Å². The Labute approximate surface area is 102 Å². The Morgan fingerprint density at radius 3 is 2.76 bits per heavy atom. The van der Waals surface area contributed by atoms with Crippen molar-refractivity contribution in [1.82, 2.24) is 0 Å². The van der Waals surface area contributed by atoms with E-state index in [9.17, 15) is 0 Å². The van der Waals surface area contributed by atoms with Crippen LogP contribution in [0.4, 0.5) is 0 Å².